The Hall–Kier alpha value is -1.56. The highest BCUT2D eigenvalue weighted by atomic mass is 79.9. The molecule has 0 saturated carbocycles. The van der Waals surface area contributed by atoms with Crippen molar-refractivity contribution in [2.24, 2.45) is 4.99 Å². The largest absolute Gasteiger partial charge is 0.497 e. The molecule has 20 heavy (non-hydrogen) atoms. The Morgan fingerprint density at radius 1 is 1.40 bits per heavy atom. The number of carbonyl (C=O) groups excluding carboxylic acids is 1. The van der Waals surface area contributed by atoms with Gasteiger partial charge in [0.1, 0.15) is 5.75 Å². The van der Waals surface area contributed by atoms with Crippen LogP contribution in [-0.2, 0) is 4.79 Å². The third kappa shape index (κ3) is 3.30. The van der Waals surface area contributed by atoms with Crippen LogP contribution < -0.4 is 15.4 Å². The molecular formula is C14H18BrN3O2. The molecule has 2 N–H and O–H groups in total. The minimum atomic E-state index is -0.565. The summed E-state index contributed by atoms with van der Waals surface area (Å²) < 4.78 is 6.03. The molecule has 1 aliphatic heterocycles. The molecule has 1 aromatic carbocycles. The summed E-state index contributed by atoms with van der Waals surface area (Å²) in [6.45, 7) is 6.03. The van der Waals surface area contributed by atoms with Gasteiger partial charge < -0.3 is 10.1 Å². The smallest absolute Gasteiger partial charge is 0.256 e. The molecule has 1 unspecified atom stereocenters. The summed E-state index contributed by atoms with van der Waals surface area (Å²) in [5.41, 5.74) is 0.625. The molecule has 2 rings (SSSR count). The zero-order chi connectivity index (χ0) is 14.9. The second-order valence-electron chi connectivity index (χ2n) is 5.63. The lowest BCUT2D eigenvalue weighted by Crippen LogP contribution is -2.46. The lowest BCUT2D eigenvalue weighted by Gasteiger charge is -2.21. The van der Waals surface area contributed by atoms with Gasteiger partial charge >= 0.3 is 0 Å². The Balaban J connectivity index is 2.31. The van der Waals surface area contributed by atoms with E-state index in [2.05, 4.69) is 31.6 Å². The van der Waals surface area contributed by atoms with E-state index in [9.17, 15) is 4.79 Å². The van der Waals surface area contributed by atoms with E-state index in [1.165, 1.54) is 0 Å². The van der Waals surface area contributed by atoms with Crippen molar-refractivity contribution in [2.75, 3.05) is 7.11 Å². The van der Waals surface area contributed by atoms with Crippen molar-refractivity contribution in [3.63, 3.8) is 0 Å². The molecule has 1 aromatic rings. The molecule has 0 saturated heterocycles. The minimum absolute atomic E-state index is 0.147. The fourth-order valence-electron chi connectivity index (χ4n) is 1.89. The van der Waals surface area contributed by atoms with E-state index in [0.29, 0.717) is 11.7 Å². The molecule has 1 aliphatic rings. The van der Waals surface area contributed by atoms with Crippen molar-refractivity contribution in [1.29, 1.82) is 0 Å². The van der Waals surface area contributed by atoms with Gasteiger partial charge in [-0.1, -0.05) is 15.9 Å². The number of rotatable bonds is 2. The van der Waals surface area contributed by atoms with Crippen LogP contribution in [0.5, 0.6) is 5.75 Å². The summed E-state index contributed by atoms with van der Waals surface area (Å²) in [4.78, 5) is 16.5. The predicted molar refractivity (Wildman–Crippen MR) is 81.9 cm³/mol. The summed E-state index contributed by atoms with van der Waals surface area (Å²) in [6.07, 6.45) is 0. The van der Waals surface area contributed by atoms with Crippen LogP contribution in [0.25, 0.3) is 0 Å². The van der Waals surface area contributed by atoms with Crippen molar-refractivity contribution in [2.45, 2.75) is 32.4 Å². The second kappa shape index (κ2) is 5.44. The minimum Gasteiger partial charge on any atom is -0.497 e. The molecular weight excluding hydrogens is 322 g/mol. The number of ether oxygens (including phenoxy) is 1. The number of benzene rings is 1. The third-order valence-electron chi connectivity index (χ3n) is 2.74. The Morgan fingerprint density at radius 2 is 2.10 bits per heavy atom. The monoisotopic (exact) mass is 339 g/mol. The fraction of sp³-hybridized carbons (Fsp3) is 0.429. The topological polar surface area (TPSA) is 62.7 Å². The van der Waals surface area contributed by atoms with Crippen LogP contribution in [-0.4, -0.2) is 24.5 Å². The number of guanidine groups is 1. The van der Waals surface area contributed by atoms with Gasteiger partial charge in [-0.3, -0.25) is 10.1 Å². The first-order valence-electron chi connectivity index (χ1n) is 6.30. The molecule has 1 amide bonds. The first-order valence-corrected chi connectivity index (χ1v) is 7.10. The number of methoxy groups -OCH3 is 1. The van der Waals surface area contributed by atoms with Crippen LogP contribution in [0.2, 0.25) is 0 Å². The van der Waals surface area contributed by atoms with Gasteiger partial charge in [-0.15, -0.1) is 0 Å². The van der Waals surface area contributed by atoms with Crippen LogP contribution >= 0.6 is 15.9 Å². The number of hydrogen-bond acceptors (Lipinski definition) is 4. The molecule has 1 atom stereocenters. The highest BCUT2D eigenvalue weighted by molar-refractivity contribution is 9.10. The van der Waals surface area contributed by atoms with Gasteiger partial charge in [0.25, 0.3) is 5.91 Å². The number of aliphatic imine (C=N–C) groups is 1. The lowest BCUT2D eigenvalue weighted by atomic mass is 10.1. The van der Waals surface area contributed by atoms with Crippen LogP contribution in [0.15, 0.2) is 27.7 Å². The second-order valence-corrected chi connectivity index (χ2v) is 6.49. The van der Waals surface area contributed by atoms with Gasteiger partial charge in [0, 0.05) is 15.6 Å². The standard InChI is InChI=1S/C14H18BrN3O2/c1-14(2,3)18-13-16-11(12(19)17-13)9-7-8(20-4)5-6-10(9)15/h5-7,11H,1-4H3,(H2,16,17,18,19). The Kier molecular flexibility index (Phi) is 4.04. The number of carbonyl (C=O) groups is 1. The maximum Gasteiger partial charge on any atom is 0.256 e. The van der Waals surface area contributed by atoms with E-state index >= 15 is 0 Å². The third-order valence-corrected chi connectivity index (χ3v) is 3.46. The normalized spacial score (nSPS) is 18.6. The number of nitrogens with one attached hydrogen (secondary N) is 2. The number of halogens is 1. The van der Waals surface area contributed by atoms with Crippen LogP contribution in [0.1, 0.15) is 32.4 Å². The zero-order valence-electron chi connectivity index (χ0n) is 12.0. The molecule has 0 aromatic heterocycles. The molecule has 0 radical (unpaired) electrons. The molecule has 0 bridgehead atoms. The summed E-state index contributed by atoms with van der Waals surface area (Å²) in [5, 5.41) is 5.93. The van der Waals surface area contributed by atoms with E-state index in [0.717, 1.165) is 10.0 Å². The fourth-order valence-corrected chi connectivity index (χ4v) is 2.36. The Labute approximate surface area is 126 Å². The highest BCUT2D eigenvalue weighted by Gasteiger charge is 2.31. The number of amides is 1. The average molecular weight is 340 g/mol. The van der Waals surface area contributed by atoms with Crippen molar-refractivity contribution in [1.82, 2.24) is 10.6 Å². The summed E-state index contributed by atoms with van der Waals surface area (Å²) in [5.74, 6) is 1.05. The van der Waals surface area contributed by atoms with E-state index in [1.54, 1.807) is 7.11 Å². The molecule has 0 aliphatic carbocycles. The van der Waals surface area contributed by atoms with Gasteiger partial charge in [0.05, 0.1) is 7.11 Å². The maximum absolute atomic E-state index is 12.1. The van der Waals surface area contributed by atoms with Crippen molar-refractivity contribution < 1.29 is 9.53 Å². The van der Waals surface area contributed by atoms with E-state index in [4.69, 9.17) is 4.74 Å². The van der Waals surface area contributed by atoms with Crippen LogP contribution in [0.4, 0.5) is 0 Å². The predicted octanol–water partition coefficient (Wildman–Crippen LogP) is 2.37. The highest BCUT2D eigenvalue weighted by Crippen LogP contribution is 2.31. The average Bonchev–Trinajstić information content (AvgIpc) is 2.68. The molecule has 1 heterocycles. The van der Waals surface area contributed by atoms with Gasteiger partial charge in [0.2, 0.25) is 0 Å². The quantitative estimate of drug-likeness (QED) is 0.869. The number of hydrogen-bond donors (Lipinski definition) is 2. The van der Waals surface area contributed by atoms with Crippen LogP contribution in [0.3, 0.4) is 0 Å². The lowest BCUT2D eigenvalue weighted by molar-refractivity contribution is -0.120. The summed E-state index contributed by atoms with van der Waals surface area (Å²) in [6, 6.07) is 4.94. The first kappa shape index (κ1) is 14.8. The van der Waals surface area contributed by atoms with Gasteiger partial charge in [-0.05, 0) is 39.0 Å². The Bertz CT molecular complexity index is 564. The maximum atomic E-state index is 12.1. The van der Waals surface area contributed by atoms with Crippen LogP contribution in [0, 0.1) is 0 Å². The van der Waals surface area contributed by atoms with E-state index in [-0.39, 0.29) is 11.4 Å². The van der Waals surface area contributed by atoms with E-state index < -0.39 is 6.04 Å². The zero-order valence-corrected chi connectivity index (χ0v) is 13.5. The van der Waals surface area contributed by atoms with Gasteiger partial charge in [-0.25, -0.2) is 4.99 Å². The molecule has 0 fully saturated rings. The molecule has 108 valence electrons. The van der Waals surface area contributed by atoms with Gasteiger partial charge in [-0.2, -0.15) is 0 Å². The van der Waals surface area contributed by atoms with Crippen molar-refractivity contribution in [3.05, 3.63) is 28.2 Å². The van der Waals surface area contributed by atoms with E-state index in [1.807, 2.05) is 39.0 Å². The summed E-state index contributed by atoms with van der Waals surface area (Å²) in [7, 11) is 1.59. The van der Waals surface area contributed by atoms with Crippen molar-refractivity contribution >= 4 is 27.8 Å². The SMILES string of the molecule is COc1ccc(Br)c(C2N=C(NC(C)(C)C)NC2=O)c1. The Morgan fingerprint density at radius 3 is 2.70 bits per heavy atom. The molecule has 0 spiro atoms. The molecule has 5 nitrogen and oxygen atoms in total. The number of nitrogens with zero attached hydrogens (tertiary/aromatic N) is 1. The first-order chi connectivity index (χ1) is 9.30. The van der Waals surface area contributed by atoms with Gasteiger partial charge in [0.15, 0.2) is 12.0 Å². The molecule has 6 heteroatoms. The summed E-state index contributed by atoms with van der Waals surface area (Å²) >= 11 is 3.45. The van der Waals surface area contributed by atoms with Crippen molar-refractivity contribution in [3.8, 4) is 5.75 Å².